The second-order valence-electron chi connectivity index (χ2n) is 6.82. The third-order valence-electron chi connectivity index (χ3n) is 5.08. The van der Waals surface area contributed by atoms with Crippen LogP contribution in [0.2, 0.25) is 0 Å². The molecule has 1 fully saturated rings. The summed E-state index contributed by atoms with van der Waals surface area (Å²) in [7, 11) is 1.28. The predicted molar refractivity (Wildman–Crippen MR) is 107 cm³/mol. The molecule has 2 atom stereocenters. The fraction of sp³-hybridized carbons (Fsp3) is 0.263. The lowest BCUT2D eigenvalue weighted by Crippen LogP contribution is -2.73. The standard InChI is InChI=1S/C19H18N6O5S/c1-30-23-13(10-9-31-19(20)21-10)16(26)22-14-11-5-6-12(24-7-3-2-4-8-24)15(18(28)29)25(11)17(14)27/h2-4,7-9,11,14H,5-6H2,1H3,(H3-,20,21,22,26,28,29)/b23-13+/t11-,14+/m1/s1. The number of thiazole rings is 1. The van der Waals surface area contributed by atoms with E-state index in [1.165, 1.54) is 12.0 Å². The number of carboxylic acid groups (broad SMARTS) is 1. The van der Waals surface area contributed by atoms with E-state index >= 15 is 0 Å². The minimum Gasteiger partial charge on any atom is -0.543 e. The number of oxime groups is 1. The summed E-state index contributed by atoms with van der Waals surface area (Å²) < 4.78 is 1.65. The minimum atomic E-state index is -1.45. The van der Waals surface area contributed by atoms with Gasteiger partial charge in [0, 0.05) is 23.9 Å². The number of anilines is 1. The summed E-state index contributed by atoms with van der Waals surface area (Å²) in [5.41, 5.74) is 5.96. The second-order valence-corrected chi connectivity index (χ2v) is 7.71. The molecular weight excluding hydrogens is 424 g/mol. The lowest BCUT2D eigenvalue weighted by molar-refractivity contribution is -0.585. The zero-order valence-corrected chi connectivity index (χ0v) is 17.2. The fourth-order valence-corrected chi connectivity index (χ4v) is 4.31. The number of carbonyl (C=O) groups is 3. The highest BCUT2D eigenvalue weighted by Crippen LogP contribution is 2.36. The Morgan fingerprint density at radius 3 is 2.74 bits per heavy atom. The Hall–Kier alpha value is -3.80. The van der Waals surface area contributed by atoms with Crippen LogP contribution in [-0.2, 0) is 19.2 Å². The first-order valence-electron chi connectivity index (χ1n) is 9.30. The van der Waals surface area contributed by atoms with Gasteiger partial charge in [0.25, 0.3) is 11.8 Å². The number of nitrogens with two attached hydrogens (primary N) is 1. The number of nitrogen functional groups attached to an aromatic ring is 1. The highest BCUT2D eigenvalue weighted by atomic mass is 32.1. The monoisotopic (exact) mass is 442 g/mol. The van der Waals surface area contributed by atoms with Crippen molar-refractivity contribution in [1.29, 1.82) is 0 Å². The molecular formula is C19H18N6O5S. The number of pyridine rings is 1. The molecule has 4 heterocycles. The minimum absolute atomic E-state index is 0.131. The molecule has 0 aliphatic carbocycles. The van der Waals surface area contributed by atoms with Gasteiger partial charge in [-0.3, -0.25) is 14.5 Å². The van der Waals surface area contributed by atoms with Crippen LogP contribution in [0, 0.1) is 0 Å². The largest absolute Gasteiger partial charge is 0.543 e. The summed E-state index contributed by atoms with van der Waals surface area (Å²) in [5.74, 6) is -2.66. The molecule has 3 N–H and O–H groups in total. The number of nitrogens with one attached hydrogen (secondary N) is 1. The van der Waals surface area contributed by atoms with Crippen LogP contribution in [0.5, 0.6) is 0 Å². The van der Waals surface area contributed by atoms with Crippen molar-refractivity contribution in [2.24, 2.45) is 5.16 Å². The Labute approximate surface area is 180 Å². The van der Waals surface area contributed by atoms with Gasteiger partial charge in [-0.1, -0.05) is 11.2 Å². The van der Waals surface area contributed by atoms with Crippen LogP contribution in [0.25, 0.3) is 5.70 Å². The highest BCUT2D eigenvalue weighted by Gasteiger charge is 2.54. The van der Waals surface area contributed by atoms with Gasteiger partial charge in [-0.25, -0.2) is 4.98 Å². The third-order valence-corrected chi connectivity index (χ3v) is 5.75. The van der Waals surface area contributed by atoms with Gasteiger partial charge in [0.15, 0.2) is 23.2 Å². The maximum Gasteiger partial charge on any atom is 0.276 e. The molecule has 4 rings (SSSR count). The van der Waals surface area contributed by atoms with Crippen LogP contribution in [0.15, 0.2) is 46.8 Å². The Morgan fingerprint density at radius 1 is 1.39 bits per heavy atom. The molecule has 160 valence electrons. The number of amides is 2. The first kappa shape index (κ1) is 20.5. The molecule has 2 amide bonds. The van der Waals surface area contributed by atoms with Crippen LogP contribution in [0.4, 0.5) is 5.13 Å². The van der Waals surface area contributed by atoms with Crippen LogP contribution in [0.1, 0.15) is 18.5 Å². The Bertz CT molecular complexity index is 1110. The molecule has 0 saturated carbocycles. The van der Waals surface area contributed by atoms with Crippen molar-refractivity contribution in [3.8, 4) is 0 Å². The smallest absolute Gasteiger partial charge is 0.276 e. The molecule has 11 nitrogen and oxygen atoms in total. The van der Waals surface area contributed by atoms with Crippen molar-refractivity contribution in [3.05, 3.63) is 47.4 Å². The lowest BCUT2D eigenvalue weighted by Gasteiger charge is -2.50. The third kappa shape index (κ3) is 3.61. The maximum atomic E-state index is 12.8. The zero-order valence-electron chi connectivity index (χ0n) is 16.3. The first-order valence-corrected chi connectivity index (χ1v) is 10.2. The number of nitrogens with zero attached hydrogens (tertiary/aromatic N) is 4. The highest BCUT2D eigenvalue weighted by molar-refractivity contribution is 7.13. The van der Waals surface area contributed by atoms with Crippen LogP contribution >= 0.6 is 11.3 Å². The quantitative estimate of drug-likeness (QED) is 0.238. The normalized spacial score (nSPS) is 20.7. The zero-order chi connectivity index (χ0) is 22.1. The Morgan fingerprint density at radius 2 is 2.13 bits per heavy atom. The van der Waals surface area contributed by atoms with Crippen molar-refractivity contribution in [3.63, 3.8) is 0 Å². The number of carboxylic acids is 1. The molecule has 12 heteroatoms. The lowest BCUT2D eigenvalue weighted by atomic mass is 9.85. The van der Waals surface area contributed by atoms with E-state index in [9.17, 15) is 19.5 Å². The van der Waals surface area contributed by atoms with Crippen molar-refractivity contribution in [2.75, 3.05) is 12.8 Å². The topological polar surface area (TPSA) is 154 Å². The number of β-lactam (4-membered cyclic amide) rings is 1. The predicted octanol–water partition coefficient (Wildman–Crippen LogP) is -1.53. The first-order chi connectivity index (χ1) is 14.9. The van der Waals surface area contributed by atoms with E-state index in [0.717, 1.165) is 11.3 Å². The van der Waals surface area contributed by atoms with Gasteiger partial charge >= 0.3 is 0 Å². The molecule has 0 unspecified atom stereocenters. The molecule has 1 saturated heterocycles. The van der Waals surface area contributed by atoms with E-state index in [4.69, 9.17) is 10.6 Å². The average molecular weight is 442 g/mol. The van der Waals surface area contributed by atoms with Gasteiger partial charge in [0.2, 0.25) is 5.70 Å². The van der Waals surface area contributed by atoms with Gasteiger partial charge in [0.05, 0.1) is 12.0 Å². The molecule has 2 aliphatic heterocycles. The summed E-state index contributed by atoms with van der Waals surface area (Å²) in [6.45, 7) is 0. The number of allylic oxidation sites excluding steroid dienone is 1. The van der Waals surface area contributed by atoms with Crippen molar-refractivity contribution < 1.29 is 28.9 Å². The number of carbonyl (C=O) groups excluding carboxylic acids is 3. The van der Waals surface area contributed by atoms with Gasteiger partial charge in [-0.15, -0.1) is 11.3 Å². The molecule has 2 aromatic heterocycles. The van der Waals surface area contributed by atoms with E-state index in [0.29, 0.717) is 18.5 Å². The number of hydrogen-bond acceptors (Lipinski definition) is 9. The molecule has 2 aliphatic rings. The fourth-order valence-electron chi connectivity index (χ4n) is 3.76. The number of hydrogen-bond donors (Lipinski definition) is 2. The van der Waals surface area contributed by atoms with Crippen molar-refractivity contribution in [1.82, 2.24) is 15.2 Å². The number of aromatic nitrogens is 2. The summed E-state index contributed by atoms with van der Waals surface area (Å²) >= 11 is 1.13. The van der Waals surface area contributed by atoms with E-state index < -0.39 is 29.9 Å². The number of fused-ring (bicyclic) bond motifs is 1. The van der Waals surface area contributed by atoms with Gasteiger partial charge in [-0.2, -0.15) is 4.57 Å². The second kappa shape index (κ2) is 8.14. The SMILES string of the molecule is CO/N=C(/C(=O)N[C@@H]1C(=O)N2C(C(=O)[O-])=C([n+]3ccccc3)CC[C@H]12)c1csc(N)n1. The van der Waals surface area contributed by atoms with Crippen LogP contribution < -0.4 is 20.7 Å². The molecule has 0 aromatic carbocycles. The summed E-state index contributed by atoms with van der Waals surface area (Å²) in [6.07, 6.45) is 4.26. The van der Waals surface area contributed by atoms with Gasteiger partial charge < -0.3 is 25.8 Å². The molecule has 2 aromatic rings. The van der Waals surface area contributed by atoms with Gasteiger partial charge in [0.1, 0.15) is 24.5 Å². The van der Waals surface area contributed by atoms with Gasteiger partial charge in [-0.05, 0) is 6.42 Å². The van der Waals surface area contributed by atoms with E-state index in [1.54, 1.807) is 40.5 Å². The Balaban J connectivity index is 1.57. The molecule has 31 heavy (non-hydrogen) atoms. The van der Waals surface area contributed by atoms with Crippen molar-refractivity contribution >= 4 is 45.7 Å². The van der Waals surface area contributed by atoms with E-state index in [2.05, 4.69) is 15.5 Å². The summed E-state index contributed by atoms with van der Waals surface area (Å²) in [5, 5.41) is 20.0. The summed E-state index contributed by atoms with van der Waals surface area (Å²) in [4.78, 5) is 47.3. The number of aliphatic carboxylic acids is 1. The Kier molecular flexibility index (Phi) is 5.38. The molecule has 0 bridgehead atoms. The van der Waals surface area contributed by atoms with E-state index in [-0.39, 0.29) is 22.2 Å². The number of rotatable bonds is 6. The van der Waals surface area contributed by atoms with Crippen molar-refractivity contribution in [2.45, 2.75) is 24.9 Å². The molecule has 0 radical (unpaired) electrons. The summed E-state index contributed by atoms with van der Waals surface area (Å²) in [6, 6.07) is 3.91. The van der Waals surface area contributed by atoms with E-state index in [1.807, 2.05) is 0 Å². The maximum absolute atomic E-state index is 12.8. The van der Waals surface area contributed by atoms with Crippen LogP contribution in [0.3, 0.4) is 0 Å². The van der Waals surface area contributed by atoms with Crippen LogP contribution in [-0.4, -0.2) is 52.6 Å². The average Bonchev–Trinajstić information content (AvgIpc) is 3.20. The molecule has 0 spiro atoms.